The molecule has 2 heterocycles. The quantitative estimate of drug-likeness (QED) is 0.726. The van der Waals surface area contributed by atoms with Crippen molar-refractivity contribution in [2.75, 3.05) is 0 Å². The van der Waals surface area contributed by atoms with Crippen molar-refractivity contribution >= 4 is 22.7 Å². The summed E-state index contributed by atoms with van der Waals surface area (Å²) in [5, 5.41) is 5.66. The minimum Gasteiger partial charge on any atom is -0.241 e. The molecule has 2 aromatic rings. The van der Waals surface area contributed by atoms with Crippen LogP contribution < -0.4 is 0 Å². The molecule has 3 heteroatoms. The van der Waals surface area contributed by atoms with E-state index in [4.69, 9.17) is 0 Å². The molecule has 0 fully saturated rings. The molecule has 0 unspecified atom stereocenters. The largest absolute Gasteiger partial charge is 0.241 e. The highest BCUT2D eigenvalue weighted by molar-refractivity contribution is 7.14. The molecule has 2 aromatic heterocycles. The van der Waals surface area contributed by atoms with Crippen molar-refractivity contribution in [3.8, 4) is 10.6 Å². The summed E-state index contributed by atoms with van der Waals surface area (Å²) in [6, 6.07) is 0. The summed E-state index contributed by atoms with van der Waals surface area (Å²) < 4.78 is 0. The van der Waals surface area contributed by atoms with Crippen LogP contribution in [0, 0.1) is 6.92 Å². The van der Waals surface area contributed by atoms with Crippen molar-refractivity contribution in [1.82, 2.24) is 4.98 Å². The summed E-state index contributed by atoms with van der Waals surface area (Å²) in [7, 11) is 0. The van der Waals surface area contributed by atoms with Crippen molar-refractivity contribution in [3.05, 3.63) is 26.9 Å². The number of hydrogen-bond acceptors (Lipinski definition) is 3. The molecule has 1 aliphatic carbocycles. The fourth-order valence-electron chi connectivity index (χ4n) is 2.15. The van der Waals surface area contributed by atoms with E-state index >= 15 is 0 Å². The molecule has 1 aliphatic rings. The second kappa shape index (κ2) is 3.72. The van der Waals surface area contributed by atoms with Gasteiger partial charge in [-0.05, 0) is 38.2 Å². The molecule has 0 saturated carbocycles. The van der Waals surface area contributed by atoms with Gasteiger partial charge in [-0.3, -0.25) is 0 Å². The van der Waals surface area contributed by atoms with Gasteiger partial charge in [0.15, 0.2) is 0 Å². The van der Waals surface area contributed by atoms with Gasteiger partial charge in [0.25, 0.3) is 0 Å². The number of thiophene rings is 1. The number of fused-ring (bicyclic) bond motifs is 1. The lowest BCUT2D eigenvalue weighted by Crippen LogP contribution is -1.99. The molecule has 0 spiro atoms. The first kappa shape index (κ1) is 9.55. The zero-order valence-electron chi connectivity index (χ0n) is 8.75. The maximum absolute atomic E-state index is 4.59. The van der Waals surface area contributed by atoms with Gasteiger partial charge in [0.1, 0.15) is 5.01 Å². The third-order valence-corrected chi connectivity index (χ3v) is 4.99. The molecule has 78 valence electrons. The topological polar surface area (TPSA) is 12.9 Å². The van der Waals surface area contributed by atoms with Crippen LogP contribution in [0.25, 0.3) is 10.6 Å². The highest BCUT2D eigenvalue weighted by atomic mass is 32.1. The van der Waals surface area contributed by atoms with Gasteiger partial charge < -0.3 is 0 Å². The molecule has 15 heavy (non-hydrogen) atoms. The maximum Gasteiger partial charge on any atom is 0.124 e. The molecule has 0 saturated heterocycles. The number of rotatable bonds is 1. The third kappa shape index (κ3) is 1.64. The lowest BCUT2D eigenvalue weighted by atomic mass is 9.96. The van der Waals surface area contributed by atoms with Gasteiger partial charge in [0.05, 0.1) is 0 Å². The van der Waals surface area contributed by atoms with Crippen molar-refractivity contribution in [2.45, 2.75) is 32.6 Å². The van der Waals surface area contributed by atoms with Crippen LogP contribution >= 0.6 is 22.7 Å². The van der Waals surface area contributed by atoms with Crippen molar-refractivity contribution in [1.29, 1.82) is 0 Å². The molecule has 0 radical (unpaired) electrons. The van der Waals surface area contributed by atoms with E-state index in [1.54, 1.807) is 21.8 Å². The summed E-state index contributed by atoms with van der Waals surface area (Å²) in [5.74, 6) is 0. The molecule has 0 amide bonds. The summed E-state index contributed by atoms with van der Waals surface area (Å²) in [5.41, 5.74) is 4.14. The molecule has 1 nitrogen and oxygen atoms in total. The number of hydrogen-bond donors (Lipinski definition) is 0. The van der Waals surface area contributed by atoms with Crippen molar-refractivity contribution in [3.63, 3.8) is 0 Å². The number of aryl methyl sites for hydroxylation is 2. The van der Waals surface area contributed by atoms with Gasteiger partial charge >= 0.3 is 0 Å². The van der Waals surface area contributed by atoms with E-state index in [2.05, 4.69) is 22.7 Å². The summed E-state index contributed by atoms with van der Waals surface area (Å²) in [4.78, 5) is 6.19. The van der Waals surface area contributed by atoms with Gasteiger partial charge in [-0.2, -0.15) is 0 Å². The molecular formula is C12H13NS2. The molecule has 0 N–H and O–H groups in total. The first-order valence-electron chi connectivity index (χ1n) is 5.36. The Morgan fingerprint density at radius 2 is 2.00 bits per heavy atom. The predicted molar refractivity (Wildman–Crippen MR) is 66.8 cm³/mol. The fraction of sp³-hybridized carbons (Fsp3) is 0.417. The monoisotopic (exact) mass is 235 g/mol. The Hall–Kier alpha value is -0.670. The van der Waals surface area contributed by atoms with E-state index in [0.29, 0.717) is 0 Å². The van der Waals surface area contributed by atoms with Gasteiger partial charge in [-0.1, -0.05) is 0 Å². The molecule has 3 rings (SSSR count). The highest BCUT2D eigenvalue weighted by Gasteiger charge is 2.17. The van der Waals surface area contributed by atoms with Crippen molar-refractivity contribution in [2.24, 2.45) is 0 Å². The second-order valence-corrected chi connectivity index (χ2v) is 5.87. The van der Waals surface area contributed by atoms with Crippen LogP contribution in [-0.2, 0) is 12.8 Å². The van der Waals surface area contributed by atoms with Gasteiger partial charge in [0.2, 0.25) is 0 Å². The van der Waals surface area contributed by atoms with E-state index in [9.17, 15) is 0 Å². The second-order valence-electron chi connectivity index (χ2n) is 4.05. The van der Waals surface area contributed by atoms with E-state index < -0.39 is 0 Å². The standard InChI is InChI=1S/C12H13NS2/c1-8-6-15-12(13-8)10-7-14-11-5-3-2-4-9(10)11/h6-7H,2-5H2,1H3. The Labute approximate surface area is 97.8 Å². The van der Waals surface area contributed by atoms with Crippen LogP contribution in [0.1, 0.15) is 29.0 Å². The number of thiazole rings is 1. The average molecular weight is 235 g/mol. The zero-order valence-corrected chi connectivity index (χ0v) is 10.4. The van der Waals surface area contributed by atoms with Gasteiger partial charge in [-0.25, -0.2) is 4.98 Å². The predicted octanol–water partition coefficient (Wildman–Crippen LogP) is 4.06. The van der Waals surface area contributed by atoms with Crippen LogP contribution in [0.2, 0.25) is 0 Å². The summed E-state index contributed by atoms with van der Waals surface area (Å²) in [6.07, 6.45) is 5.25. The summed E-state index contributed by atoms with van der Waals surface area (Å²) >= 11 is 3.70. The van der Waals surface area contributed by atoms with Crippen LogP contribution in [0.4, 0.5) is 0 Å². The Morgan fingerprint density at radius 3 is 2.80 bits per heavy atom. The smallest absolute Gasteiger partial charge is 0.124 e. The molecule has 0 bridgehead atoms. The van der Waals surface area contributed by atoms with E-state index in [-0.39, 0.29) is 0 Å². The SMILES string of the molecule is Cc1csc(-c2csc3c2CCCC3)n1. The highest BCUT2D eigenvalue weighted by Crippen LogP contribution is 2.37. The van der Waals surface area contributed by atoms with Gasteiger partial charge in [-0.15, -0.1) is 22.7 Å². The maximum atomic E-state index is 4.59. The van der Waals surface area contributed by atoms with E-state index in [1.165, 1.54) is 36.3 Å². The lowest BCUT2D eigenvalue weighted by Gasteiger charge is -2.11. The lowest BCUT2D eigenvalue weighted by molar-refractivity contribution is 0.698. The first-order valence-corrected chi connectivity index (χ1v) is 7.12. The van der Waals surface area contributed by atoms with Crippen LogP contribution in [0.15, 0.2) is 10.8 Å². The van der Waals surface area contributed by atoms with Crippen LogP contribution in [0.5, 0.6) is 0 Å². The Balaban J connectivity index is 2.08. The van der Waals surface area contributed by atoms with E-state index in [0.717, 1.165) is 5.69 Å². The Bertz CT molecular complexity index is 482. The number of aromatic nitrogens is 1. The normalized spacial score (nSPS) is 15.3. The minimum absolute atomic E-state index is 1.14. The van der Waals surface area contributed by atoms with E-state index in [1.807, 2.05) is 11.3 Å². The van der Waals surface area contributed by atoms with Crippen molar-refractivity contribution < 1.29 is 0 Å². The fourth-order valence-corrected chi connectivity index (χ4v) is 4.20. The number of nitrogens with zero attached hydrogens (tertiary/aromatic N) is 1. The molecule has 0 aromatic carbocycles. The summed E-state index contributed by atoms with van der Waals surface area (Å²) in [6.45, 7) is 2.07. The third-order valence-electron chi connectivity index (χ3n) is 2.91. The first-order chi connectivity index (χ1) is 7.34. The van der Waals surface area contributed by atoms with Crippen LogP contribution in [-0.4, -0.2) is 4.98 Å². The molecule has 0 atom stereocenters. The average Bonchev–Trinajstić information content (AvgIpc) is 2.83. The van der Waals surface area contributed by atoms with Gasteiger partial charge in [0, 0.05) is 26.9 Å². The Morgan fingerprint density at radius 1 is 1.13 bits per heavy atom. The molecular weight excluding hydrogens is 222 g/mol. The molecule has 0 aliphatic heterocycles. The van der Waals surface area contributed by atoms with Crippen LogP contribution in [0.3, 0.4) is 0 Å². The zero-order chi connectivity index (χ0) is 10.3. The Kier molecular flexibility index (Phi) is 2.37. The minimum atomic E-state index is 1.14.